The van der Waals surface area contributed by atoms with Crippen LogP contribution >= 0.6 is 22.9 Å². The van der Waals surface area contributed by atoms with Gasteiger partial charge in [0.2, 0.25) is 0 Å². The SMILES string of the molecule is CCOC(=O)C1=C(CN2CC(F)(F)[C@H]3[C@@H]2CON3CC[C@](C)(O)C(=O)O)NC(c2nccs2)=N[C@H]1c1ccc(F)c(F)c1Cl. The molecule has 44 heavy (non-hydrogen) atoms. The highest BCUT2D eigenvalue weighted by atomic mass is 35.5. The second-order valence-electron chi connectivity index (χ2n) is 10.7. The van der Waals surface area contributed by atoms with E-state index in [1.165, 1.54) is 28.5 Å². The molecule has 0 saturated carbocycles. The van der Waals surface area contributed by atoms with Crippen molar-refractivity contribution < 1.29 is 46.9 Å². The molecule has 2 fully saturated rings. The number of ether oxygens (including phenoxy) is 1. The molecule has 4 heterocycles. The van der Waals surface area contributed by atoms with Gasteiger partial charge >= 0.3 is 11.9 Å². The van der Waals surface area contributed by atoms with Crippen LogP contribution in [-0.2, 0) is 19.2 Å². The lowest BCUT2D eigenvalue weighted by molar-refractivity contribution is -0.190. The number of aliphatic imine (C=N–C) groups is 1. The van der Waals surface area contributed by atoms with Crippen LogP contribution < -0.4 is 5.32 Å². The number of thiazole rings is 1. The van der Waals surface area contributed by atoms with Crippen molar-refractivity contribution in [1.29, 1.82) is 0 Å². The number of hydrogen-bond acceptors (Lipinski definition) is 11. The first-order chi connectivity index (χ1) is 20.7. The smallest absolute Gasteiger partial charge is 0.338 e. The molecule has 0 radical (unpaired) electrons. The summed E-state index contributed by atoms with van der Waals surface area (Å²) in [4.78, 5) is 40.4. The van der Waals surface area contributed by atoms with Crippen LogP contribution in [0.3, 0.4) is 0 Å². The summed E-state index contributed by atoms with van der Waals surface area (Å²) in [5, 5.41) is 24.7. The van der Waals surface area contributed by atoms with E-state index < -0.39 is 64.8 Å². The highest BCUT2D eigenvalue weighted by Crippen LogP contribution is 2.42. The number of likely N-dealkylation sites (tertiary alicyclic amines) is 1. The predicted molar refractivity (Wildman–Crippen MR) is 149 cm³/mol. The summed E-state index contributed by atoms with van der Waals surface area (Å²) in [5.74, 6) is -8.10. The fourth-order valence-electron chi connectivity index (χ4n) is 5.42. The van der Waals surface area contributed by atoms with Gasteiger partial charge < -0.3 is 20.3 Å². The van der Waals surface area contributed by atoms with Gasteiger partial charge in [-0.2, -0.15) is 5.06 Å². The minimum absolute atomic E-state index is 0.0489. The monoisotopic (exact) mass is 661 g/mol. The number of carbonyl (C=O) groups excluding carboxylic acids is 1. The van der Waals surface area contributed by atoms with E-state index in [0.717, 1.165) is 18.1 Å². The van der Waals surface area contributed by atoms with Gasteiger partial charge in [-0.1, -0.05) is 17.7 Å². The number of amidine groups is 1. The van der Waals surface area contributed by atoms with Crippen LogP contribution in [-0.4, -0.2) is 99.4 Å². The number of hydroxylamine groups is 2. The lowest BCUT2D eigenvalue weighted by Gasteiger charge is -2.30. The van der Waals surface area contributed by atoms with Gasteiger partial charge in [0.1, 0.15) is 12.1 Å². The molecular formula is C27H28ClF4N5O6S. The van der Waals surface area contributed by atoms with Crippen molar-refractivity contribution in [3.8, 4) is 0 Å². The number of aliphatic hydroxyl groups is 1. The number of nitrogens with one attached hydrogen (secondary N) is 1. The zero-order valence-corrected chi connectivity index (χ0v) is 25.0. The van der Waals surface area contributed by atoms with Gasteiger partial charge in [0.15, 0.2) is 28.1 Å². The largest absolute Gasteiger partial charge is 0.479 e. The Labute approximate surface area is 257 Å². The molecule has 0 unspecified atom stereocenters. The van der Waals surface area contributed by atoms with Gasteiger partial charge in [-0.15, -0.1) is 11.3 Å². The number of rotatable bonds is 10. The summed E-state index contributed by atoms with van der Waals surface area (Å²) >= 11 is 7.39. The average Bonchev–Trinajstić information content (AvgIpc) is 3.70. The van der Waals surface area contributed by atoms with E-state index in [0.29, 0.717) is 5.01 Å². The van der Waals surface area contributed by atoms with Gasteiger partial charge in [0.25, 0.3) is 5.92 Å². The summed E-state index contributed by atoms with van der Waals surface area (Å²) in [7, 11) is 0. The molecule has 2 aromatic rings. The lowest BCUT2D eigenvalue weighted by Crippen LogP contribution is -2.47. The number of carbonyl (C=O) groups is 2. The number of alkyl halides is 2. The van der Waals surface area contributed by atoms with Gasteiger partial charge in [-0.25, -0.2) is 32.1 Å². The minimum atomic E-state index is -3.33. The van der Waals surface area contributed by atoms with E-state index in [1.54, 1.807) is 12.3 Å². The van der Waals surface area contributed by atoms with Crippen LogP contribution in [0.25, 0.3) is 0 Å². The number of hydrogen-bond donors (Lipinski definition) is 3. The molecule has 0 spiro atoms. The van der Waals surface area contributed by atoms with Crippen molar-refractivity contribution >= 4 is 40.7 Å². The highest BCUT2D eigenvalue weighted by Gasteiger charge is 2.61. The van der Waals surface area contributed by atoms with Crippen LogP contribution in [0.4, 0.5) is 17.6 Å². The normalized spacial score (nSPS) is 24.9. The van der Waals surface area contributed by atoms with Gasteiger partial charge in [0, 0.05) is 42.3 Å². The van der Waals surface area contributed by atoms with E-state index in [9.17, 15) is 28.6 Å². The van der Waals surface area contributed by atoms with Crippen molar-refractivity contribution in [1.82, 2.24) is 20.3 Å². The van der Waals surface area contributed by atoms with Crippen LogP contribution in [0, 0.1) is 11.6 Å². The molecule has 0 bridgehead atoms. The Kier molecular flexibility index (Phi) is 9.04. The Morgan fingerprint density at radius 1 is 1.34 bits per heavy atom. The number of nitrogens with zero attached hydrogens (tertiary/aromatic N) is 4. The molecule has 11 nitrogen and oxygen atoms in total. The van der Waals surface area contributed by atoms with Crippen LogP contribution in [0.2, 0.25) is 5.02 Å². The molecular weight excluding hydrogens is 634 g/mol. The summed E-state index contributed by atoms with van der Waals surface area (Å²) in [6, 6.07) is -1.65. The number of aromatic nitrogens is 1. The number of fused-ring (bicyclic) bond motifs is 1. The summed E-state index contributed by atoms with van der Waals surface area (Å²) in [5.41, 5.74) is -2.23. The van der Waals surface area contributed by atoms with E-state index in [1.807, 2.05) is 0 Å². The molecule has 3 aliphatic heterocycles. The van der Waals surface area contributed by atoms with E-state index in [2.05, 4.69) is 15.3 Å². The quantitative estimate of drug-likeness (QED) is 0.198. The fraction of sp³-hybridized carbons (Fsp3) is 0.481. The average molecular weight is 662 g/mol. The van der Waals surface area contributed by atoms with Crippen LogP contribution in [0.1, 0.15) is 36.9 Å². The molecule has 17 heteroatoms. The maximum atomic E-state index is 15.5. The van der Waals surface area contributed by atoms with Crippen molar-refractivity contribution in [3.05, 3.63) is 62.2 Å². The van der Waals surface area contributed by atoms with Crippen molar-refractivity contribution in [2.45, 2.75) is 49.9 Å². The lowest BCUT2D eigenvalue weighted by atomic mass is 9.95. The molecule has 238 valence electrons. The van der Waals surface area contributed by atoms with Gasteiger partial charge in [0.05, 0.1) is 36.4 Å². The van der Waals surface area contributed by atoms with Crippen molar-refractivity contribution in [2.24, 2.45) is 4.99 Å². The second-order valence-corrected chi connectivity index (χ2v) is 11.9. The molecule has 3 aliphatic rings. The van der Waals surface area contributed by atoms with E-state index in [-0.39, 0.29) is 55.4 Å². The Bertz CT molecular complexity index is 1510. The summed E-state index contributed by atoms with van der Waals surface area (Å²) in [6.45, 7) is 1.11. The standard InChI is InChI=1S/C27H28ClF4N5O6S/c1-3-42-24(38)17-15(10-36-12-27(31,32)21-16(36)11-43-37(21)8-6-26(2,41)25(39)40)34-22(23-33-7-9-44-23)35-20(17)13-4-5-14(29)19(30)18(13)28/h4-5,7,9,16,20-21,41H,3,6,8,10-12H2,1-2H3,(H,34,35)(H,39,40)/t16-,20-,21+,26-/m0/s1. The second kappa shape index (κ2) is 12.3. The number of halogens is 5. The topological polar surface area (TPSA) is 137 Å². The maximum Gasteiger partial charge on any atom is 0.338 e. The van der Waals surface area contributed by atoms with Crippen molar-refractivity contribution in [2.75, 3.05) is 32.8 Å². The zero-order chi connectivity index (χ0) is 32.0. The number of esters is 1. The van der Waals surface area contributed by atoms with Crippen molar-refractivity contribution in [3.63, 3.8) is 0 Å². The molecule has 1 aromatic carbocycles. The Balaban J connectivity index is 1.52. The third-order valence-corrected chi connectivity index (χ3v) is 8.82. The number of aliphatic carboxylic acids is 1. The number of benzene rings is 1. The molecule has 4 atom stereocenters. The first kappa shape index (κ1) is 32.2. The Morgan fingerprint density at radius 2 is 2.09 bits per heavy atom. The summed E-state index contributed by atoms with van der Waals surface area (Å²) < 4.78 is 64.8. The molecule has 0 amide bonds. The third-order valence-electron chi connectivity index (χ3n) is 7.66. The van der Waals surface area contributed by atoms with E-state index >= 15 is 8.78 Å². The van der Waals surface area contributed by atoms with Crippen LogP contribution in [0.5, 0.6) is 0 Å². The maximum absolute atomic E-state index is 15.5. The Morgan fingerprint density at radius 3 is 2.75 bits per heavy atom. The fourth-order valence-corrected chi connectivity index (χ4v) is 6.27. The first-order valence-electron chi connectivity index (χ1n) is 13.5. The molecule has 2 saturated heterocycles. The molecule has 5 rings (SSSR count). The molecule has 0 aliphatic carbocycles. The van der Waals surface area contributed by atoms with Crippen LogP contribution in [0.15, 0.2) is 40.0 Å². The molecule has 1 aromatic heterocycles. The zero-order valence-electron chi connectivity index (χ0n) is 23.4. The summed E-state index contributed by atoms with van der Waals surface area (Å²) in [6.07, 6.45) is 1.14. The minimum Gasteiger partial charge on any atom is -0.479 e. The Hall–Kier alpha value is -3.15. The predicted octanol–water partition coefficient (Wildman–Crippen LogP) is 3.14. The molecule has 3 N–H and O–H groups in total. The highest BCUT2D eigenvalue weighted by molar-refractivity contribution is 7.11. The first-order valence-corrected chi connectivity index (χ1v) is 14.8. The van der Waals surface area contributed by atoms with E-state index in [4.69, 9.17) is 21.2 Å². The number of carboxylic acids is 1. The van der Waals surface area contributed by atoms with Gasteiger partial charge in [-0.3, -0.25) is 14.7 Å². The number of carboxylic acid groups (broad SMARTS) is 1. The third kappa shape index (κ3) is 6.06. The van der Waals surface area contributed by atoms with Gasteiger partial charge in [-0.05, 0) is 19.9 Å².